The number of hydrogen-bond donors (Lipinski definition) is 1. The average molecular weight is 326 g/mol. The highest BCUT2D eigenvalue weighted by Gasteiger charge is 2.14. The smallest absolute Gasteiger partial charge is 0.232 e. The largest absolute Gasteiger partial charge is 0.497 e. The molecule has 2 amide bonds. The quantitative estimate of drug-likeness (QED) is 0.795. The molecule has 0 spiro atoms. The summed E-state index contributed by atoms with van der Waals surface area (Å²) in [5.41, 5.74) is 1.99. The maximum atomic E-state index is 12.1. The number of nitrogens with zero attached hydrogens (tertiary/aromatic N) is 1. The summed E-state index contributed by atoms with van der Waals surface area (Å²) in [6.07, 6.45) is -0.153. The minimum atomic E-state index is -0.282. The molecule has 5 heteroatoms. The fourth-order valence-corrected chi connectivity index (χ4v) is 2.22. The van der Waals surface area contributed by atoms with Gasteiger partial charge in [-0.05, 0) is 23.3 Å². The van der Waals surface area contributed by atoms with Crippen molar-refractivity contribution in [3.8, 4) is 5.75 Å². The van der Waals surface area contributed by atoms with Gasteiger partial charge >= 0.3 is 0 Å². The third-order valence-corrected chi connectivity index (χ3v) is 3.65. The summed E-state index contributed by atoms with van der Waals surface area (Å²) in [6, 6.07) is 17.1. The van der Waals surface area contributed by atoms with Crippen LogP contribution < -0.4 is 10.1 Å². The molecular formula is C19H22N2O3. The minimum Gasteiger partial charge on any atom is -0.497 e. The lowest BCUT2D eigenvalue weighted by Crippen LogP contribution is -2.32. The molecule has 0 aliphatic carbocycles. The molecule has 0 aliphatic heterocycles. The van der Waals surface area contributed by atoms with Crippen molar-refractivity contribution < 1.29 is 14.3 Å². The Balaban J connectivity index is 1.77. The van der Waals surface area contributed by atoms with Crippen LogP contribution in [0.15, 0.2) is 54.6 Å². The van der Waals surface area contributed by atoms with Crippen LogP contribution in [-0.2, 0) is 22.7 Å². The van der Waals surface area contributed by atoms with Crippen LogP contribution in [0, 0.1) is 0 Å². The minimum absolute atomic E-state index is 0.153. The van der Waals surface area contributed by atoms with Gasteiger partial charge in [-0.25, -0.2) is 0 Å². The fraction of sp³-hybridized carbons (Fsp3) is 0.263. The number of ether oxygens (including phenoxy) is 1. The van der Waals surface area contributed by atoms with Crippen molar-refractivity contribution >= 4 is 11.8 Å². The first-order chi connectivity index (χ1) is 11.6. The molecule has 0 fully saturated rings. The molecule has 0 bridgehead atoms. The number of hydrogen-bond acceptors (Lipinski definition) is 3. The first kappa shape index (κ1) is 17.5. The van der Waals surface area contributed by atoms with Crippen molar-refractivity contribution in [1.82, 2.24) is 10.2 Å². The van der Waals surface area contributed by atoms with E-state index in [1.54, 1.807) is 19.1 Å². The Kier molecular flexibility index (Phi) is 6.37. The van der Waals surface area contributed by atoms with Crippen LogP contribution in [-0.4, -0.2) is 30.9 Å². The highest BCUT2D eigenvalue weighted by molar-refractivity contribution is 5.96. The van der Waals surface area contributed by atoms with Gasteiger partial charge in [-0.2, -0.15) is 0 Å². The van der Waals surface area contributed by atoms with Gasteiger partial charge in [-0.15, -0.1) is 0 Å². The molecule has 0 aromatic heterocycles. The van der Waals surface area contributed by atoms with Crippen LogP contribution in [0.4, 0.5) is 0 Å². The summed E-state index contributed by atoms with van der Waals surface area (Å²) in [4.78, 5) is 25.6. The van der Waals surface area contributed by atoms with Gasteiger partial charge in [-0.1, -0.05) is 42.5 Å². The van der Waals surface area contributed by atoms with Crippen LogP contribution in [0.1, 0.15) is 17.5 Å². The Bertz CT molecular complexity index is 669. The van der Waals surface area contributed by atoms with Crippen LogP contribution >= 0.6 is 0 Å². The zero-order chi connectivity index (χ0) is 17.4. The second-order valence-corrected chi connectivity index (χ2v) is 5.54. The van der Waals surface area contributed by atoms with E-state index in [0.717, 1.165) is 16.9 Å². The molecule has 2 aromatic rings. The van der Waals surface area contributed by atoms with Gasteiger partial charge in [0.2, 0.25) is 11.8 Å². The third kappa shape index (κ3) is 5.43. The fourth-order valence-electron chi connectivity index (χ4n) is 2.22. The van der Waals surface area contributed by atoms with Gasteiger partial charge in [0.1, 0.15) is 12.2 Å². The maximum Gasteiger partial charge on any atom is 0.232 e. The van der Waals surface area contributed by atoms with Gasteiger partial charge in [-0.3, -0.25) is 9.59 Å². The van der Waals surface area contributed by atoms with Gasteiger partial charge < -0.3 is 15.0 Å². The Morgan fingerprint density at radius 2 is 1.67 bits per heavy atom. The SMILES string of the molecule is COc1ccc(CNC(=O)CC(=O)N(C)Cc2ccccc2)cc1. The second-order valence-electron chi connectivity index (χ2n) is 5.54. The molecule has 0 atom stereocenters. The average Bonchev–Trinajstić information content (AvgIpc) is 2.61. The molecule has 2 rings (SSSR count). The summed E-state index contributed by atoms with van der Waals surface area (Å²) < 4.78 is 5.09. The van der Waals surface area contributed by atoms with E-state index in [-0.39, 0.29) is 18.2 Å². The summed E-state index contributed by atoms with van der Waals surface area (Å²) in [5, 5.41) is 2.76. The third-order valence-electron chi connectivity index (χ3n) is 3.65. The van der Waals surface area contributed by atoms with Gasteiger partial charge in [0, 0.05) is 20.1 Å². The monoisotopic (exact) mass is 326 g/mol. The van der Waals surface area contributed by atoms with E-state index in [0.29, 0.717) is 13.1 Å². The molecule has 0 unspecified atom stereocenters. The van der Waals surface area contributed by atoms with Crippen molar-refractivity contribution in [2.75, 3.05) is 14.2 Å². The molecule has 24 heavy (non-hydrogen) atoms. The molecule has 126 valence electrons. The highest BCUT2D eigenvalue weighted by atomic mass is 16.5. The molecule has 1 N–H and O–H groups in total. The Hall–Kier alpha value is -2.82. The number of amides is 2. The number of rotatable bonds is 7. The van der Waals surface area contributed by atoms with Gasteiger partial charge in [0.15, 0.2) is 0 Å². The number of carbonyl (C=O) groups excluding carboxylic acids is 2. The van der Waals surface area contributed by atoms with Gasteiger partial charge in [0.05, 0.1) is 7.11 Å². The van der Waals surface area contributed by atoms with Gasteiger partial charge in [0.25, 0.3) is 0 Å². The molecule has 2 aromatic carbocycles. The molecule has 0 radical (unpaired) electrons. The topological polar surface area (TPSA) is 58.6 Å². The lowest BCUT2D eigenvalue weighted by Gasteiger charge is -2.17. The van der Waals surface area contributed by atoms with E-state index in [2.05, 4.69) is 5.32 Å². The van der Waals surface area contributed by atoms with Crippen molar-refractivity contribution in [3.05, 3.63) is 65.7 Å². The predicted molar refractivity (Wildman–Crippen MR) is 92.4 cm³/mol. The summed E-state index contributed by atoms with van der Waals surface area (Å²) in [7, 11) is 3.31. The first-order valence-corrected chi connectivity index (χ1v) is 7.76. The molecule has 0 heterocycles. The van der Waals surface area contributed by atoms with Crippen LogP contribution in [0.2, 0.25) is 0 Å². The molecule has 0 aliphatic rings. The van der Waals surface area contributed by atoms with E-state index in [1.807, 2.05) is 54.6 Å². The Morgan fingerprint density at radius 1 is 1.00 bits per heavy atom. The van der Waals surface area contributed by atoms with E-state index >= 15 is 0 Å². The van der Waals surface area contributed by atoms with Crippen molar-refractivity contribution in [2.45, 2.75) is 19.5 Å². The number of carbonyl (C=O) groups is 2. The van der Waals surface area contributed by atoms with E-state index < -0.39 is 0 Å². The molecule has 0 saturated heterocycles. The van der Waals surface area contributed by atoms with Crippen LogP contribution in [0.25, 0.3) is 0 Å². The second kappa shape index (κ2) is 8.72. The zero-order valence-corrected chi connectivity index (χ0v) is 14.0. The van der Waals surface area contributed by atoms with E-state index in [9.17, 15) is 9.59 Å². The van der Waals surface area contributed by atoms with Crippen molar-refractivity contribution in [1.29, 1.82) is 0 Å². The summed E-state index contributed by atoms with van der Waals surface area (Å²) in [5.74, 6) is 0.282. The maximum absolute atomic E-state index is 12.1. The summed E-state index contributed by atoms with van der Waals surface area (Å²) in [6.45, 7) is 0.879. The van der Waals surface area contributed by atoms with E-state index in [1.165, 1.54) is 0 Å². The summed E-state index contributed by atoms with van der Waals surface area (Å²) >= 11 is 0. The molecule has 0 saturated carbocycles. The predicted octanol–water partition coefficient (Wildman–Crippen LogP) is 2.36. The first-order valence-electron chi connectivity index (χ1n) is 7.76. The molecular weight excluding hydrogens is 304 g/mol. The normalized spacial score (nSPS) is 10.1. The van der Waals surface area contributed by atoms with Crippen LogP contribution in [0.3, 0.4) is 0 Å². The Morgan fingerprint density at radius 3 is 2.29 bits per heavy atom. The number of nitrogens with one attached hydrogen (secondary N) is 1. The van der Waals surface area contributed by atoms with Crippen molar-refractivity contribution in [3.63, 3.8) is 0 Å². The lowest BCUT2D eigenvalue weighted by atomic mass is 10.2. The Labute approximate surface area is 142 Å². The van der Waals surface area contributed by atoms with E-state index in [4.69, 9.17) is 4.74 Å². The highest BCUT2D eigenvalue weighted by Crippen LogP contribution is 2.11. The lowest BCUT2D eigenvalue weighted by molar-refractivity contribution is -0.135. The molecule has 5 nitrogen and oxygen atoms in total. The number of methoxy groups -OCH3 is 1. The number of benzene rings is 2. The standard InChI is InChI=1S/C19H22N2O3/c1-21(14-16-6-4-3-5-7-16)19(23)12-18(22)20-13-15-8-10-17(24-2)11-9-15/h3-11H,12-14H2,1-2H3,(H,20,22). The van der Waals surface area contributed by atoms with Crippen molar-refractivity contribution in [2.24, 2.45) is 0 Å². The van der Waals surface area contributed by atoms with Crippen LogP contribution in [0.5, 0.6) is 5.75 Å². The zero-order valence-electron chi connectivity index (χ0n) is 14.0.